The maximum Gasteiger partial charge on any atom is 0.255 e. The van der Waals surface area contributed by atoms with Crippen molar-refractivity contribution in [3.8, 4) is 11.5 Å². The number of carbonyl (C=O) groups is 2. The third kappa shape index (κ3) is 4.43. The standard InChI is InChI=1S/C21H25N3O4/c1-23-9-11-24(12-10-23)21(26)16-6-4-5-15(13-16)20(25)22-17-7-8-18(27-2)19(14-17)28-3/h4-8,13-14H,9-12H2,1-3H3,(H,22,25). The Morgan fingerprint density at radius 2 is 1.57 bits per heavy atom. The van der Waals surface area contributed by atoms with E-state index in [-0.39, 0.29) is 11.8 Å². The number of carbonyl (C=O) groups excluding carboxylic acids is 2. The van der Waals surface area contributed by atoms with Crippen LogP contribution < -0.4 is 14.8 Å². The fraction of sp³-hybridized carbons (Fsp3) is 0.333. The summed E-state index contributed by atoms with van der Waals surface area (Å²) in [6, 6.07) is 11.9. The lowest BCUT2D eigenvalue weighted by Crippen LogP contribution is -2.47. The number of piperazine rings is 1. The zero-order valence-corrected chi connectivity index (χ0v) is 16.4. The summed E-state index contributed by atoms with van der Waals surface area (Å²) in [5.74, 6) is 0.772. The summed E-state index contributed by atoms with van der Waals surface area (Å²) in [4.78, 5) is 29.4. The minimum Gasteiger partial charge on any atom is -0.493 e. The Kier molecular flexibility index (Phi) is 6.16. The first-order valence-electron chi connectivity index (χ1n) is 9.13. The Labute approximate surface area is 164 Å². The number of hydrogen-bond acceptors (Lipinski definition) is 5. The van der Waals surface area contributed by atoms with E-state index >= 15 is 0 Å². The van der Waals surface area contributed by atoms with Gasteiger partial charge >= 0.3 is 0 Å². The second-order valence-corrected chi connectivity index (χ2v) is 6.70. The maximum absolute atomic E-state index is 12.7. The average Bonchev–Trinajstić information content (AvgIpc) is 2.73. The molecule has 1 saturated heterocycles. The van der Waals surface area contributed by atoms with Gasteiger partial charge in [-0.3, -0.25) is 9.59 Å². The minimum atomic E-state index is -0.291. The zero-order valence-electron chi connectivity index (χ0n) is 16.4. The van der Waals surface area contributed by atoms with Crippen LogP contribution in [0.15, 0.2) is 42.5 Å². The number of hydrogen-bond donors (Lipinski definition) is 1. The van der Waals surface area contributed by atoms with Gasteiger partial charge in [0.25, 0.3) is 11.8 Å². The van der Waals surface area contributed by atoms with Crippen LogP contribution in [0.3, 0.4) is 0 Å². The van der Waals surface area contributed by atoms with Gasteiger partial charge in [-0.1, -0.05) is 6.07 Å². The van der Waals surface area contributed by atoms with Crippen molar-refractivity contribution < 1.29 is 19.1 Å². The van der Waals surface area contributed by atoms with Crippen LogP contribution in [0.1, 0.15) is 20.7 Å². The molecule has 0 saturated carbocycles. The highest BCUT2D eigenvalue weighted by Crippen LogP contribution is 2.30. The van der Waals surface area contributed by atoms with E-state index < -0.39 is 0 Å². The second-order valence-electron chi connectivity index (χ2n) is 6.70. The highest BCUT2D eigenvalue weighted by molar-refractivity contribution is 6.06. The van der Waals surface area contributed by atoms with Gasteiger partial charge in [-0.05, 0) is 37.4 Å². The lowest BCUT2D eigenvalue weighted by molar-refractivity contribution is 0.0664. The number of amides is 2. The molecular formula is C21H25N3O4. The predicted octanol–water partition coefficient (Wildman–Crippen LogP) is 2.34. The number of rotatable bonds is 5. The molecule has 3 rings (SSSR count). The van der Waals surface area contributed by atoms with Crippen LogP contribution in [0.4, 0.5) is 5.69 Å². The molecule has 7 nitrogen and oxygen atoms in total. The Hall–Kier alpha value is -3.06. The number of nitrogens with one attached hydrogen (secondary N) is 1. The van der Waals surface area contributed by atoms with Crippen molar-refractivity contribution in [3.63, 3.8) is 0 Å². The first-order chi connectivity index (χ1) is 13.5. The molecule has 148 valence electrons. The van der Waals surface area contributed by atoms with Gasteiger partial charge in [0, 0.05) is 49.1 Å². The summed E-state index contributed by atoms with van der Waals surface area (Å²) < 4.78 is 10.5. The normalized spacial score (nSPS) is 14.5. The van der Waals surface area contributed by atoms with Crippen molar-refractivity contribution >= 4 is 17.5 Å². The highest BCUT2D eigenvalue weighted by Gasteiger charge is 2.21. The molecule has 2 aromatic rings. The Balaban J connectivity index is 1.73. The average molecular weight is 383 g/mol. The summed E-state index contributed by atoms with van der Waals surface area (Å²) in [6.45, 7) is 3.09. The molecule has 1 N–H and O–H groups in total. The van der Waals surface area contributed by atoms with Gasteiger partial charge in [0.05, 0.1) is 14.2 Å². The number of likely N-dealkylation sites (N-methyl/N-ethyl adjacent to an activating group) is 1. The van der Waals surface area contributed by atoms with Crippen LogP contribution in [-0.2, 0) is 0 Å². The lowest BCUT2D eigenvalue weighted by atomic mass is 10.1. The predicted molar refractivity (Wildman–Crippen MR) is 107 cm³/mol. The molecule has 0 radical (unpaired) electrons. The van der Waals surface area contributed by atoms with Gasteiger partial charge in [-0.25, -0.2) is 0 Å². The third-order valence-electron chi connectivity index (χ3n) is 4.80. The van der Waals surface area contributed by atoms with Crippen molar-refractivity contribution in [2.24, 2.45) is 0 Å². The molecule has 2 amide bonds. The third-order valence-corrected chi connectivity index (χ3v) is 4.80. The molecule has 7 heteroatoms. The van der Waals surface area contributed by atoms with Gasteiger partial charge in [0.15, 0.2) is 11.5 Å². The molecule has 28 heavy (non-hydrogen) atoms. The quantitative estimate of drug-likeness (QED) is 0.858. The van der Waals surface area contributed by atoms with Gasteiger partial charge in [0.2, 0.25) is 0 Å². The van der Waals surface area contributed by atoms with E-state index in [1.54, 1.807) is 49.6 Å². The molecule has 0 aromatic heterocycles. The number of anilines is 1. The molecule has 0 atom stereocenters. The molecule has 0 unspecified atom stereocenters. The number of ether oxygens (including phenoxy) is 2. The molecule has 1 aliphatic rings. The Morgan fingerprint density at radius 1 is 0.893 bits per heavy atom. The van der Waals surface area contributed by atoms with Crippen molar-refractivity contribution in [1.29, 1.82) is 0 Å². The van der Waals surface area contributed by atoms with E-state index in [1.165, 1.54) is 7.11 Å². The van der Waals surface area contributed by atoms with Gasteiger partial charge in [-0.15, -0.1) is 0 Å². The molecule has 2 aromatic carbocycles. The van der Waals surface area contributed by atoms with Crippen molar-refractivity contribution in [2.45, 2.75) is 0 Å². The SMILES string of the molecule is COc1ccc(NC(=O)c2cccc(C(=O)N3CCN(C)CC3)c2)cc1OC. The summed E-state index contributed by atoms with van der Waals surface area (Å²) in [6.07, 6.45) is 0. The maximum atomic E-state index is 12.7. The van der Waals surface area contributed by atoms with Gasteiger partial charge < -0.3 is 24.6 Å². The first kappa shape index (κ1) is 19.7. The Morgan fingerprint density at radius 3 is 2.25 bits per heavy atom. The van der Waals surface area contributed by atoms with E-state index in [2.05, 4.69) is 10.2 Å². The van der Waals surface area contributed by atoms with Crippen LogP contribution in [-0.4, -0.2) is 69.1 Å². The largest absolute Gasteiger partial charge is 0.493 e. The van der Waals surface area contributed by atoms with E-state index in [9.17, 15) is 9.59 Å². The summed E-state index contributed by atoms with van der Waals surface area (Å²) in [5, 5.41) is 2.83. The minimum absolute atomic E-state index is 0.0473. The van der Waals surface area contributed by atoms with Gasteiger partial charge in [0.1, 0.15) is 0 Å². The van der Waals surface area contributed by atoms with Crippen LogP contribution in [0.5, 0.6) is 11.5 Å². The number of methoxy groups -OCH3 is 2. The molecule has 0 bridgehead atoms. The summed E-state index contributed by atoms with van der Waals surface area (Å²) >= 11 is 0. The second kappa shape index (κ2) is 8.75. The van der Waals surface area contributed by atoms with E-state index in [4.69, 9.17) is 9.47 Å². The van der Waals surface area contributed by atoms with E-state index in [0.717, 1.165) is 13.1 Å². The van der Waals surface area contributed by atoms with Crippen LogP contribution in [0.2, 0.25) is 0 Å². The van der Waals surface area contributed by atoms with E-state index in [0.29, 0.717) is 41.4 Å². The first-order valence-corrected chi connectivity index (χ1v) is 9.13. The molecule has 0 spiro atoms. The van der Waals surface area contributed by atoms with Crippen LogP contribution in [0, 0.1) is 0 Å². The number of benzene rings is 2. The van der Waals surface area contributed by atoms with Crippen LogP contribution in [0.25, 0.3) is 0 Å². The van der Waals surface area contributed by atoms with Crippen molar-refractivity contribution in [2.75, 3.05) is 52.8 Å². The van der Waals surface area contributed by atoms with Crippen LogP contribution >= 0.6 is 0 Å². The van der Waals surface area contributed by atoms with Crippen molar-refractivity contribution in [3.05, 3.63) is 53.6 Å². The molecule has 0 aliphatic carbocycles. The zero-order chi connectivity index (χ0) is 20.1. The summed E-state index contributed by atoms with van der Waals surface area (Å²) in [5.41, 5.74) is 1.53. The molecule has 1 heterocycles. The van der Waals surface area contributed by atoms with Crippen molar-refractivity contribution in [1.82, 2.24) is 9.80 Å². The Bertz CT molecular complexity index is 860. The lowest BCUT2D eigenvalue weighted by Gasteiger charge is -2.32. The fourth-order valence-corrected chi connectivity index (χ4v) is 3.10. The molecular weight excluding hydrogens is 358 g/mol. The molecule has 1 aliphatic heterocycles. The fourth-order valence-electron chi connectivity index (χ4n) is 3.10. The molecule has 1 fully saturated rings. The highest BCUT2D eigenvalue weighted by atomic mass is 16.5. The topological polar surface area (TPSA) is 71.1 Å². The smallest absolute Gasteiger partial charge is 0.255 e. The van der Waals surface area contributed by atoms with Gasteiger partial charge in [-0.2, -0.15) is 0 Å². The summed E-state index contributed by atoms with van der Waals surface area (Å²) in [7, 11) is 5.14. The number of nitrogens with zero attached hydrogens (tertiary/aromatic N) is 2. The van der Waals surface area contributed by atoms with E-state index in [1.807, 2.05) is 11.9 Å². The monoisotopic (exact) mass is 383 g/mol.